The molecule has 1 aliphatic heterocycles. The van der Waals surface area contributed by atoms with E-state index in [0.29, 0.717) is 11.7 Å². The normalized spacial score (nSPS) is 18.9. The molecule has 0 spiro atoms. The van der Waals surface area contributed by atoms with Gasteiger partial charge in [-0.3, -0.25) is 0 Å². The Morgan fingerprint density at radius 2 is 2.10 bits per heavy atom. The zero-order valence-corrected chi connectivity index (χ0v) is 12.4. The molecule has 0 fully saturated rings. The van der Waals surface area contributed by atoms with Crippen LogP contribution in [0.5, 0.6) is 0 Å². The average molecular weight is 308 g/mol. The van der Waals surface area contributed by atoms with Crippen LogP contribution in [-0.2, 0) is 12.8 Å². The van der Waals surface area contributed by atoms with E-state index in [4.69, 9.17) is 17.3 Å². The average Bonchev–Trinajstić information content (AvgIpc) is 2.87. The molecule has 2 aromatic carbocycles. The molecule has 0 aliphatic carbocycles. The van der Waals surface area contributed by atoms with Gasteiger partial charge in [-0.2, -0.15) is 0 Å². The van der Waals surface area contributed by atoms with Crippen molar-refractivity contribution in [2.75, 3.05) is 0 Å². The first kappa shape index (κ1) is 13.9. The molecule has 2 aromatic rings. The fourth-order valence-electron chi connectivity index (χ4n) is 2.52. The van der Waals surface area contributed by atoms with Crippen molar-refractivity contribution in [3.63, 3.8) is 0 Å². The topological polar surface area (TPSA) is 26.0 Å². The van der Waals surface area contributed by atoms with Crippen LogP contribution in [0.25, 0.3) is 0 Å². The summed E-state index contributed by atoms with van der Waals surface area (Å²) < 4.78 is 13.1. The molecule has 0 saturated heterocycles. The fourth-order valence-corrected chi connectivity index (χ4v) is 4.04. The van der Waals surface area contributed by atoms with E-state index in [9.17, 15) is 4.39 Å². The summed E-state index contributed by atoms with van der Waals surface area (Å²) in [5.74, 6) is -0.383. The maximum atomic E-state index is 13.1. The van der Waals surface area contributed by atoms with Crippen LogP contribution < -0.4 is 5.73 Å². The molecule has 3 rings (SSSR count). The van der Waals surface area contributed by atoms with E-state index in [1.54, 1.807) is 12.1 Å². The number of hydrogen-bond acceptors (Lipinski definition) is 2. The molecular weight excluding hydrogens is 293 g/mol. The van der Waals surface area contributed by atoms with Gasteiger partial charge in [0.25, 0.3) is 0 Å². The summed E-state index contributed by atoms with van der Waals surface area (Å²) in [7, 11) is 0. The molecule has 0 radical (unpaired) electrons. The maximum absolute atomic E-state index is 13.1. The van der Waals surface area contributed by atoms with Crippen molar-refractivity contribution in [2.24, 2.45) is 5.73 Å². The summed E-state index contributed by atoms with van der Waals surface area (Å²) >= 11 is 7.65. The summed E-state index contributed by atoms with van der Waals surface area (Å²) in [5, 5.41) is 0.535. The number of benzene rings is 2. The predicted octanol–water partition coefficient (Wildman–Crippen LogP) is 4.07. The van der Waals surface area contributed by atoms with E-state index in [1.807, 2.05) is 11.8 Å². The third-order valence-electron chi connectivity index (χ3n) is 3.61. The smallest absolute Gasteiger partial charge is 0.141 e. The largest absolute Gasteiger partial charge is 0.326 e. The van der Waals surface area contributed by atoms with E-state index in [0.717, 1.165) is 12.0 Å². The molecule has 2 atom stereocenters. The Kier molecular flexibility index (Phi) is 4.01. The Morgan fingerprint density at radius 1 is 1.30 bits per heavy atom. The van der Waals surface area contributed by atoms with Crippen molar-refractivity contribution < 1.29 is 4.39 Å². The van der Waals surface area contributed by atoms with Crippen LogP contribution in [0.3, 0.4) is 0 Å². The molecule has 20 heavy (non-hydrogen) atoms. The van der Waals surface area contributed by atoms with Crippen LogP contribution >= 0.6 is 23.4 Å². The Bertz CT molecular complexity index is 607. The fraction of sp³-hybridized carbons (Fsp3) is 0.250. The highest BCUT2D eigenvalue weighted by Gasteiger charge is 2.27. The quantitative estimate of drug-likeness (QED) is 0.925. The van der Waals surface area contributed by atoms with Crippen molar-refractivity contribution in [1.82, 2.24) is 0 Å². The van der Waals surface area contributed by atoms with Gasteiger partial charge in [-0.25, -0.2) is 4.39 Å². The highest BCUT2D eigenvalue weighted by atomic mass is 35.5. The van der Waals surface area contributed by atoms with Crippen molar-refractivity contribution in [1.29, 1.82) is 0 Å². The zero-order chi connectivity index (χ0) is 14.1. The molecule has 2 N–H and O–H groups in total. The van der Waals surface area contributed by atoms with Gasteiger partial charge in [0.15, 0.2) is 0 Å². The Labute approximate surface area is 127 Å². The third kappa shape index (κ3) is 2.85. The summed E-state index contributed by atoms with van der Waals surface area (Å²) in [6.07, 6.45) is 1.71. The molecule has 1 nitrogen and oxygen atoms in total. The number of halogens is 2. The minimum Gasteiger partial charge on any atom is -0.326 e. The van der Waals surface area contributed by atoms with Crippen LogP contribution in [0.15, 0.2) is 47.4 Å². The lowest BCUT2D eigenvalue weighted by molar-refractivity contribution is 0.618. The summed E-state index contributed by atoms with van der Waals surface area (Å²) in [6, 6.07) is 13.3. The minimum atomic E-state index is -0.383. The number of fused-ring (bicyclic) bond motifs is 1. The first-order chi connectivity index (χ1) is 9.63. The van der Waals surface area contributed by atoms with E-state index in [-0.39, 0.29) is 16.9 Å². The maximum Gasteiger partial charge on any atom is 0.141 e. The standard InChI is InChI=1S/C16H15ClFNS/c17-12-7-10(5-6-13(12)18)8-14(19)16-9-11-3-1-2-4-15(11)20-16/h1-7,14,16H,8-9,19H2. The molecule has 0 bridgehead atoms. The van der Waals surface area contributed by atoms with Crippen LogP contribution in [0.1, 0.15) is 11.1 Å². The highest BCUT2D eigenvalue weighted by molar-refractivity contribution is 8.00. The second kappa shape index (κ2) is 5.76. The van der Waals surface area contributed by atoms with Gasteiger partial charge in [-0.15, -0.1) is 11.8 Å². The lowest BCUT2D eigenvalue weighted by atomic mass is 9.99. The summed E-state index contributed by atoms with van der Waals surface area (Å²) in [5.41, 5.74) is 8.68. The van der Waals surface area contributed by atoms with Gasteiger partial charge >= 0.3 is 0 Å². The van der Waals surface area contributed by atoms with Gasteiger partial charge in [-0.05, 0) is 42.2 Å². The second-order valence-corrected chi connectivity index (χ2v) is 6.77. The molecule has 0 amide bonds. The number of hydrogen-bond donors (Lipinski definition) is 1. The van der Waals surface area contributed by atoms with Gasteiger partial charge < -0.3 is 5.73 Å². The summed E-state index contributed by atoms with van der Waals surface area (Å²) in [4.78, 5) is 1.32. The highest BCUT2D eigenvalue weighted by Crippen LogP contribution is 2.38. The van der Waals surface area contributed by atoms with Crippen molar-refractivity contribution in [3.8, 4) is 0 Å². The molecule has 104 valence electrons. The zero-order valence-electron chi connectivity index (χ0n) is 10.9. The van der Waals surface area contributed by atoms with E-state index in [2.05, 4.69) is 24.3 Å². The van der Waals surface area contributed by atoms with E-state index in [1.165, 1.54) is 16.5 Å². The minimum absolute atomic E-state index is 0.0360. The molecule has 0 saturated carbocycles. The van der Waals surface area contributed by atoms with Gasteiger partial charge in [0.2, 0.25) is 0 Å². The van der Waals surface area contributed by atoms with Gasteiger partial charge in [0.1, 0.15) is 5.82 Å². The van der Waals surface area contributed by atoms with Gasteiger partial charge in [-0.1, -0.05) is 35.9 Å². The lowest BCUT2D eigenvalue weighted by Gasteiger charge is -2.18. The monoisotopic (exact) mass is 307 g/mol. The second-order valence-electron chi connectivity index (χ2n) is 5.08. The van der Waals surface area contributed by atoms with Crippen molar-refractivity contribution in [3.05, 3.63) is 64.4 Å². The molecular formula is C16H15ClFNS. The predicted molar refractivity (Wildman–Crippen MR) is 82.9 cm³/mol. The van der Waals surface area contributed by atoms with Crippen molar-refractivity contribution in [2.45, 2.75) is 29.0 Å². The molecule has 2 unspecified atom stereocenters. The Morgan fingerprint density at radius 3 is 2.85 bits per heavy atom. The first-order valence-corrected chi connectivity index (χ1v) is 7.83. The first-order valence-electron chi connectivity index (χ1n) is 6.57. The van der Waals surface area contributed by atoms with Gasteiger partial charge in [0.05, 0.1) is 5.02 Å². The molecule has 4 heteroatoms. The Hall–Kier alpha value is -1.03. The van der Waals surface area contributed by atoms with Crippen LogP contribution in [0.4, 0.5) is 4.39 Å². The van der Waals surface area contributed by atoms with Gasteiger partial charge in [0, 0.05) is 16.2 Å². The van der Waals surface area contributed by atoms with E-state index < -0.39 is 0 Å². The van der Waals surface area contributed by atoms with Crippen molar-refractivity contribution >= 4 is 23.4 Å². The lowest BCUT2D eigenvalue weighted by Crippen LogP contribution is -2.34. The number of nitrogens with two attached hydrogens (primary N) is 1. The SMILES string of the molecule is NC(Cc1ccc(F)c(Cl)c1)C1Cc2ccccc2S1. The third-order valence-corrected chi connectivity index (χ3v) is 5.37. The molecule has 1 aliphatic rings. The van der Waals surface area contributed by atoms with Crippen LogP contribution in [-0.4, -0.2) is 11.3 Å². The molecule has 1 heterocycles. The number of rotatable bonds is 3. The number of thioether (sulfide) groups is 1. The molecule has 0 aromatic heterocycles. The summed E-state index contributed by atoms with van der Waals surface area (Å²) in [6.45, 7) is 0. The Balaban J connectivity index is 1.69. The van der Waals surface area contributed by atoms with Crippen LogP contribution in [0.2, 0.25) is 5.02 Å². The van der Waals surface area contributed by atoms with E-state index >= 15 is 0 Å². The van der Waals surface area contributed by atoms with Crippen LogP contribution in [0, 0.1) is 5.82 Å².